The molecule has 0 saturated heterocycles. The van der Waals surface area contributed by atoms with Gasteiger partial charge in [0.15, 0.2) is 0 Å². The fraction of sp³-hybridized carbons (Fsp3) is 0.182. The number of rotatable bonds is 5. The van der Waals surface area contributed by atoms with Gasteiger partial charge in [-0.3, -0.25) is 4.98 Å². The maximum atomic E-state index is 9.14. The SMILES string of the molecule is Cc1cc(C(CC=NO)(c2ccccc2)c2ccccc2)cc(C)n1. The Hall–Kier alpha value is -2.94. The van der Waals surface area contributed by atoms with Gasteiger partial charge in [-0.2, -0.15) is 0 Å². The first kappa shape index (κ1) is 16.9. The first-order chi connectivity index (χ1) is 12.2. The first-order valence-corrected chi connectivity index (χ1v) is 8.39. The molecule has 1 N–H and O–H groups in total. The van der Waals surface area contributed by atoms with Crippen LogP contribution in [0.1, 0.15) is 34.5 Å². The van der Waals surface area contributed by atoms with Crippen LogP contribution in [0.2, 0.25) is 0 Å². The molecule has 0 aliphatic carbocycles. The van der Waals surface area contributed by atoms with E-state index in [4.69, 9.17) is 5.21 Å². The molecule has 3 rings (SSSR count). The fourth-order valence-corrected chi connectivity index (χ4v) is 3.56. The molecule has 126 valence electrons. The average Bonchev–Trinajstić information content (AvgIpc) is 2.63. The van der Waals surface area contributed by atoms with Crippen LogP contribution in [-0.2, 0) is 5.41 Å². The summed E-state index contributed by atoms with van der Waals surface area (Å²) in [5.74, 6) is 0. The number of hydrogen-bond acceptors (Lipinski definition) is 3. The third kappa shape index (κ3) is 3.31. The summed E-state index contributed by atoms with van der Waals surface area (Å²) in [7, 11) is 0. The van der Waals surface area contributed by atoms with E-state index in [0.29, 0.717) is 6.42 Å². The number of oxime groups is 1. The van der Waals surface area contributed by atoms with Crippen molar-refractivity contribution in [3.05, 3.63) is 101 Å². The molecule has 0 amide bonds. The number of benzene rings is 2. The van der Waals surface area contributed by atoms with Gasteiger partial charge >= 0.3 is 0 Å². The highest BCUT2D eigenvalue weighted by Gasteiger charge is 2.36. The minimum atomic E-state index is -0.437. The number of hydrogen-bond donors (Lipinski definition) is 1. The summed E-state index contributed by atoms with van der Waals surface area (Å²) in [5, 5.41) is 12.4. The maximum Gasteiger partial charge on any atom is 0.0503 e. The highest BCUT2D eigenvalue weighted by molar-refractivity contribution is 5.66. The van der Waals surface area contributed by atoms with Crippen molar-refractivity contribution in [1.29, 1.82) is 0 Å². The molecule has 1 aromatic heterocycles. The van der Waals surface area contributed by atoms with Gasteiger partial charge in [0.2, 0.25) is 0 Å². The zero-order chi connectivity index (χ0) is 17.7. The van der Waals surface area contributed by atoms with Gasteiger partial charge in [0.05, 0.1) is 5.41 Å². The van der Waals surface area contributed by atoms with Crippen LogP contribution in [0.5, 0.6) is 0 Å². The topological polar surface area (TPSA) is 45.5 Å². The quantitative estimate of drug-likeness (QED) is 0.411. The lowest BCUT2D eigenvalue weighted by Gasteiger charge is -2.35. The molecule has 0 atom stereocenters. The molecule has 3 nitrogen and oxygen atoms in total. The lowest BCUT2D eigenvalue weighted by atomic mass is 9.67. The van der Waals surface area contributed by atoms with Crippen molar-refractivity contribution in [2.75, 3.05) is 0 Å². The van der Waals surface area contributed by atoms with Gasteiger partial charge < -0.3 is 5.21 Å². The highest BCUT2D eigenvalue weighted by atomic mass is 16.4. The Balaban J connectivity index is 2.36. The summed E-state index contributed by atoms with van der Waals surface area (Å²) in [5.41, 5.74) is 4.99. The average molecular weight is 330 g/mol. The van der Waals surface area contributed by atoms with E-state index in [0.717, 1.165) is 28.1 Å². The van der Waals surface area contributed by atoms with Gasteiger partial charge in [-0.1, -0.05) is 60.7 Å². The Morgan fingerprint density at radius 3 is 1.76 bits per heavy atom. The normalized spacial score (nSPS) is 11.8. The van der Waals surface area contributed by atoms with Crippen LogP contribution in [-0.4, -0.2) is 16.4 Å². The number of pyridine rings is 1. The monoisotopic (exact) mass is 330 g/mol. The second kappa shape index (κ2) is 7.31. The molecule has 0 radical (unpaired) electrons. The molecule has 0 bridgehead atoms. The van der Waals surface area contributed by atoms with E-state index < -0.39 is 5.41 Å². The zero-order valence-electron chi connectivity index (χ0n) is 14.6. The van der Waals surface area contributed by atoms with Gasteiger partial charge in [-0.05, 0) is 42.7 Å². The highest BCUT2D eigenvalue weighted by Crippen LogP contribution is 2.42. The standard InChI is InChI=1S/C22H22N2O/c1-17-15-21(16-18(2)24-17)22(13-14-23-25,19-9-5-3-6-10-19)20-11-7-4-8-12-20/h3-12,14-16,25H,13H2,1-2H3. The van der Waals surface area contributed by atoms with Crippen molar-refractivity contribution in [3.63, 3.8) is 0 Å². The second-order valence-corrected chi connectivity index (χ2v) is 6.28. The number of nitrogens with zero attached hydrogens (tertiary/aromatic N) is 2. The zero-order valence-corrected chi connectivity index (χ0v) is 14.6. The van der Waals surface area contributed by atoms with Crippen LogP contribution in [0, 0.1) is 13.8 Å². The smallest absolute Gasteiger partial charge is 0.0503 e. The van der Waals surface area contributed by atoms with Crippen LogP contribution >= 0.6 is 0 Å². The predicted molar refractivity (Wildman–Crippen MR) is 101 cm³/mol. The summed E-state index contributed by atoms with van der Waals surface area (Å²) >= 11 is 0. The van der Waals surface area contributed by atoms with Crippen LogP contribution in [0.15, 0.2) is 78.0 Å². The molecule has 0 aliphatic heterocycles. The summed E-state index contributed by atoms with van der Waals surface area (Å²) in [6.07, 6.45) is 2.13. The Kier molecular flexibility index (Phi) is 4.94. The van der Waals surface area contributed by atoms with E-state index in [9.17, 15) is 0 Å². The van der Waals surface area contributed by atoms with Crippen molar-refractivity contribution in [3.8, 4) is 0 Å². The molecule has 3 aromatic rings. The van der Waals surface area contributed by atoms with E-state index in [1.54, 1.807) is 6.21 Å². The van der Waals surface area contributed by atoms with Crippen molar-refractivity contribution < 1.29 is 5.21 Å². The lowest BCUT2D eigenvalue weighted by Crippen LogP contribution is -2.30. The molecule has 25 heavy (non-hydrogen) atoms. The first-order valence-electron chi connectivity index (χ1n) is 8.39. The van der Waals surface area contributed by atoms with Crippen LogP contribution in [0.25, 0.3) is 0 Å². The van der Waals surface area contributed by atoms with E-state index in [1.807, 2.05) is 50.2 Å². The van der Waals surface area contributed by atoms with Crippen LogP contribution < -0.4 is 0 Å². The van der Waals surface area contributed by atoms with E-state index in [2.05, 4.69) is 46.5 Å². The van der Waals surface area contributed by atoms with Crippen molar-refractivity contribution >= 4 is 6.21 Å². The van der Waals surface area contributed by atoms with Crippen molar-refractivity contribution in [2.45, 2.75) is 25.7 Å². The molecule has 0 saturated carbocycles. The summed E-state index contributed by atoms with van der Waals surface area (Å²) in [6, 6.07) is 25.0. The third-order valence-corrected chi connectivity index (χ3v) is 4.59. The summed E-state index contributed by atoms with van der Waals surface area (Å²) in [4.78, 5) is 4.53. The second-order valence-electron chi connectivity index (χ2n) is 6.28. The van der Waals surface area contributed by atoms with Crippen LogP contribution in [0.4, 0.5) is 0 Å². The molecule has 2 aromatic carbocycles. The summed E-state index contributed by atoms with van der Waals surface area (Å²) in [6.45, 7) is 4.02. The maximum absolute atomic E-state index is 9.14. The molecule has 0 unspecified atom stereocenters. The Morgan fingerprint density at radius 2 is 1.32 bits per heavy atom. The Bertz CT molecular complexity index is 798. The van der Waals surface area contributed by atoms with Crippen molar-refractivity contribution in [1.82, 2.24) is 4.98 Å². The van der Waals surface area contributed by atoms with Gasteiger partial charge in [0.25, 0.3) is 0 Å². The largest absolute Gasteiger partial charge is 0.411 e. The third-order valence-electron chi connectivity index (χ3n) is 4.59. The minimum Gasteiger partial charge on any atom is -0.411 e. The Morgan fingerprint density at radius 1 is 0.840 bits per heavy atom. The molecule has 0 fully saturated rings. The van der Waals surface area contributed by atoms with E-state index in [-0.39, 0.29) is 0 Å². The molecule has 3 heteroatoms. The van der Waals surface area contributed by atoms with Gasteiger partial charge in [0.1, 0.15) is 0 Å². The number of aryl methyl sites for hydroxylation is 2. The van der Waals surface area contributed by atoms with E-state index >= 15 is 0 Å². The molecular formula is C22H22N2O. The molecule has 0 aliphatic rings. The van der Waals surface area contributed by atoms with Gasteiger partial charge in [-0.15, -0.1) is 5.16 Å². The van der Waals surface area contributed by atoms with Gasteiger partial charge in [0, 0.05) is 24.0 Å². The number of aromatic nitrogens is 1. The Labute approximate surface area is 148 Å². The molecule has 1 heterocycles. The molecular weight excluding hydrogens is 308 g/mol. The minimum absolute atomic E-state index is 0.437. The molecule has 0 spiro atoms. The van der Waals surface area contributed by atoms with Crippen molar-refractivity contribution in [2.24, 2.45) is 5.16 Å². The lowest BCUT2D eigenvalue weighted by molar-refractivity contribution is 0.319. The summed E-state index contributed by atoms with van der Waals surface area (Å²) < 4.78 is 0. The predicted octanol–water partition coefficient (Wildman–Crippen LogP) is 4.88. The van der Waals surface area contributed by atoms with Crippen LogP contribution in [0.3, 0.4) is 0 Å². The van der Waals surface area contributed by atoms with E-state index in [1.165, 1.54) is 0 Å². The fourth-order valence-electron chi connectivity index (χ4n) is 3.56. The van der Waals surface area contributed by atoms with Gasteiger partial charge in [-0.25, -0.2) is 0 Å².